The number of ether oxygens (including phenoxy) is 1. The number of benzene rings is 2. The molecule has 142 valence electrons. The fraction of sp³-hybridized carbons (Fsp3) is 0.158. The Hall–Kier alpha value is -3.88. The summed E-state index contributed by atoms with van der Waals surface area (Å²) in [7, 11) is 3.24. The molecule has 9 heteroatoms. The van der Waals surface area contributed by atoms with E-state index in [-0.39, 0.29) is 18.2 Å². The molecule has 28 heavy (non-hydrogen) atoms. The summed E-state index contributed by atoms with van der Waals surface area (Å²) in [6.07, 6.45) is 0. The van der Waals surface area contributed by atoms with Crippen LogP contribution in [-0.2, 0) is 18.4 Å². The second-order valence-electron chi connectivity index (χ2n) is 6.17. The van der Waals surface area contributed by atoms with Crippen molar-refractivity contribution in [3.05, 3.63) is 59.0 Å². The van der Waals surface area contributed by atoms with Gasteiger partial charge in [-0.3, -0.25) is 24.3 Å². The molecule has 0 atom stereocenters. The van der Waals surface area contributed by atoms with Crippen LogP contribution >= 0.6 is 0 Å². The first-order valence-electron chi connectivity index (χ1n) is 8.58. The molecule has 0 saturated carbocycles. The zero-order valence-electron chi connectivity index (χ0n) is 15.3. The number of amides is 1. The number of carbonyl (C=O) groups is 1. The van der Waals surface area contributed by atoms with Gasteiger partial charge in [-0.05, 0) is 24.3 Å². The number of hydrogen-bond acceptors (Lipinski definition) is 5. The van der Waals surface area contributed by atoms with E-state index in [1.54, 1.807) is 20.2 Å². The standard InChI is InChI=1S/C19H18N6O3/c1-24-13-8-4-5-9-14(13)25(19(24)27)11-16(26)20-18-21-17(22-23-18)12-7-3-6-10-15(12)28-2/h3-10H,11H2,1-2H3,(H2,20,21,22,23,26). The van der Waals surface area contributed by atoms with Crippen LogP contribution in [0.15, 0.2) is 53.3 Å². The van der Waals surface area contributed by atoms with Crippen molar-refractivity contribution in [2.75, 3.05) is 12.4 Å². The molecule has 0 saturated heterocycles. The molecule has 0 aliphatic heterocycles. The highest BCUT2D eigenvalue weighted by Crippen LogP contribution is 2.27. The number of hydrogen-bond donors (Lipinski definition) is 2. The van der Waals surface area contributed by atoms with Crippen LogP contribution in [0.1, 0.15) is 0 Å². The molecule has 2 N–H and O–H groups in total. The topological polar surface area (TPSA) is 107 Å². The van der Waals surface area contributed by atoms with Crippen molar-refractivity contribution in [1.82, 2.24) is 24.3 Å². The number of methoxy groups -OCH3 is 1. The van der Waals surface area contributed by atoms with Crippen molar-refractivity contribution in [2.24, 2.45) is 7.05 Å². The Labute approximate surface area is 159 Å². The molecule has 2 aromatic carbocycles. The van der Waals surface area contributed by atoms with E-state index < -0.39 is 5.91 Å². The SMILES string of the molecule is COc1ccccc1-c1nc(NC(=O)Cn2c(=O)n(C)c3ccccc32)n[nH]1. The molecule has 0 radical (unpaired) electrons. The fourth-order valence-corrected chi connectivity index (χ4v) is 3.10. The summed E-state index contributed by atoms with van der Waals surface area (Å²) in [5, 5.41) is 9.42. The average Bonchev–Trinajstić information content (AvgIpc) is 3.27. The number of imidazole rings is 1. The second kappa shape index (κ2) is 7.03. The Balaban J connectivity index is 1.55. The van der Waals surface area contributed by atoms with E-state index in [0.717, 1.165) is 11.1 Å². The number of aromatic amines is 1. The molecular weight excluding hydrogens is 360 g/mol. The van der Waals surface area contributed by atoms with Crippen molar-refractivity contribution in [2.45, 2.75) is 6.54 Å². The van der Waals surface area contributed by atoms with Crippen LogP contribution in [0, 0.1) is 0 Å². The normalized spacial score (nSPS) is 10.9. The van der Waals surface area contributed by atoms with Gasteiger partial charge in [-0.2, -0.15) is 4.98 Å². The highest BCUT2D eigenvalue weighted by atomic mass is 16.5. The average molecular weight is 378 g/mol. The van der Waals surface area contributed by atoms with Gasteiger partial charge < -0.3 is 4.74 Å². The van der Waals surface area contributed by atoms with Crippen molar-refractivity contribution in [3.8, 4) is 17.1 Å². The number of nitrogens with zero attached hydrogens (tertiary/aromatic N) is 4. The lowest BCUT2D eigenvalue weighted by molar-refractivity contribution is -0.116. The van der Waals surface area contributed by atoms with Gasteiger partial charge in [0.15, 0.2) is 5.82 Å². The minimum Gasteiger partial charge on any atom is -0.496 e. The minimum absolute atomic E-state index is 0.124. The van der Waals surface area contributed by atoms with E-state index in [0.29, 0.717) is 17.1 Å². The summed E-state index contributed by atoms with van der Waals surface area (Å²) >= 11 is 0. The van der Waals surface area contributed by atoms with E-state index in [1.165, 1.54) is 9.13 Å². The predicted octanol–water partition coefficient (Wildman–Crippen LogP) is 1.77. The van der Waals surface area contributed by atoms with Gasteiger partial charge in [-0.1, -0.05) is 24.3 Å². The lowest BCUT2D eigenvalue weighted by Gasteiger charge is -2.04. The lowest BCUT2D eigenvalue weighted by Crippen LogP contribution is -2.28. The Morgan fingerprint density at radius 1 is 1.14 bits per heavy atom. The Bertz CT molecular complexity index is 1220. The van der Waals surface area contributed by atoms with Crippen LogP contribution < -0.4 is 15.7 Å². The van der Waals surface area contributed by atoms with Crippen molar-refractivity contribution in [1.29, 1.82) is 0 Å². The van der Waals surface area contributed by atoms with Gasteiger partial charge in [-0.25, -0.2) is 4.79 Å². The number of rotatable bonds is 5. The number of H-pyrrole nitrogens is 1. The quantitative estimate of drug-likeness (QED) is 0.550. The summed E-state index contributed by atoms with van der Waals surface area (Å²) in [6.45, 7) is -0.140. The largest absolute Gasteiger partial charge is 0.496 e. The van der Waals surface area contributed by atoms with E-state index in [4.69, 9.17) is 4.74 Å². The molecular formula is C19H18N6O3. The van der Waals surface area contributed by atoms with Gasteiger partial charge in [-0.15, -0.1) is 5.10 Å². The Morgan fingerprint density at radius 3 is 2.64 bits per heavy atom. The molecule has 0 unspecified atom stereocenters. The first kappa shape index (κ1) is 17.5. The smallest absolute Gasteiger partial charge is 0.329 e. The molecule has 0 aliphatic carbocycles. The van der Waals surface area contributed by atoms with Crippen molar-refractivity contribution < 1.29 is 9.53 Å². The highest BCUT2D eigenvalue weighted by Gasteiger charge is 2.16. The molecule has 2 heterocycles. The van der Waals surface area contributed by atoms with Crippen molar-refractivity contribution >= 4 is 22.9 Å². The van der Waals surface area contributed by atoms with Gasteiger partial charge in [0.05, 0.1) is 23.7 Å². The third-order valence-electron chi connectivity index (χ3n) is 4.45. The molecule has 0 spiro atoms. The van der Waals surface area contributed by atoms with Gasteiger partial charge >= 0.3 is 5.69 Å². The van der Waals surface area contributed by atoms with Crippen molar-refractivity contribution in [3.63, 3.8) is 0 Å². The van der Waals surface area contributed by atoms with E-state index in [9.17, 15) is 9.59 Å². The van der Waals surface area contributed by atoms with E-state index in [1.807, 2.05) is 42.5 Å². The van der Waals surface area contributed by atoms with Crippen LogP contribution in [0.3, 0.4) is 0 Å². The Morgan fingerprint density at radius 2 is 1.86 bits per heavy atom. The minimum atomic E-state index is -0.399. The van der Waals surface area contributed by atoms with Crippen LogP contribution in [0.4, 0.5) is 5.95 Å². The highest BCUT2D eigenvalue weighted by molar-refractivity contribution is 5.90. The maximum atomic E-state index is 12.5. The summed E-state index contributed by atoms with van der Waals surface area (Å²) in [6, 6.07) is 14.7. The second-order valence-corrected chi connectivity index (χ2v) is 6.17. The van der Waals surface area contributed by atoms with E-state index >= 15 is 0 Å². The number of fused-ring (bicyclic) bond motifs is 1. The van der Waals surface area contributed by atoms with Gasteiger partial charge in [0.2, 0.25) is 11.9 Å². The summed E-state index contributed by atoms with van der Waals surface area (Å²) < 4.78 is 8.23. The first-order chi connectivity index (χ1) is 13.6. The number of carbonyl (C=O) groups excluding carboxylic acids is 1. The van der Waals surface area contributed by atoms with Gasteiger partial charge in [0.25, 0.3) is 0 Å². The van der Waals surface area contributed by atoms with Gasteiger partial charge in [0.1, 0.15) is 12.3 Å². The number of para-hydroxylation sites is 3. The lowest BCUT2D eigenvalue weighted by atomic mass is 10.2. The molecule has 2 aromatic heterocycles. The predicted molar refractivity (Wildman–Crippen MR) is 104 cm³/mol. The zero-order valence-corrected chi connectivity index (χ0v) is 15.3. The van der Waals surface area contributed by atoms with Crippen LogP contribution in [-0.4, -0.2) is 37.3 Å². The van der Waals surface area contributed by atoms with Crippen LogP contribution in [0.25, 0.3) is 22.4 Å². The van der Waals surface area contributed by atoms with E-state index in [2.05, 4.69) is 20.5 Å². The first-order valence-corrected chi connectivity index (χ1v) is 8.58. The Kier molecular flexibility index (Phi) is 4.40. The molecule has 0 bridgehead atoms. The van der Waals surface area contributed by atoms with Crippen LogP contribution in [0.2, 0.25) is 0 Å². The third kappa shape index (κ3) is 3.02. The van der Waals surface area contributed by atoms with Gasteiger partial charge in [0, 0.05) is 7.05 Å². The molecule has 0 aliphatic rings. The number of anilines is 1. The summed E-state index contributed by atoms with van der Waals surface area (Å²) in [5.41, 5.74) is 1.91. The number of nitrogens with one attached hydrogen (secondary N) is 2. The summed E-state index contributed by atoms with van der Waals surface area (Å²) in [4.78, 5) is 29.2. The monoisotopic (exact) mass is 378 g/mol. The number of aromatic nitrogens is 5. The fourth-order valence-electron chi connectivity index (χ4n) is 3.10. The number of aryl methyl sites for hydroxylation is 1. The molecule has 4 rings (SSSR count). The molecule has 1 amide bonds. The van der Waals surface area contributed by atoms with Crippen LogP contribution in [0.5, 0.6) is 5.75 Å². The third-order valence-corrected chi connectivity index (χ3v) is 4.45. The maximum Gasteiger partial charge on any atom is 0.329 e. The molecule has 4 aromatic rings. The maximum absolute atomic E-state index is 12.5. The molecule has 9 nitrogen and oxygen atoms in total. The summed E-state index contributed by atoms with van der Waals surface area (Å²) in [5.74, 6) is 0.831. The zero-order chi connectivity index (χ0) is 19.7. The molecule has 0 fully saturated rings.